The third kappa shape index (κ3) is 5.01. The zero-order chi connectivity index (χ0) is 14.4. The Hall–Kier alpha value is -0.120. The van der Waals surface area contributed by atoms with Gasteiger partial charge in [-0.15, -0.1) is 0 Å². The molecule has 2 rings (SSSR count). The van der Waals surface area contributed by atoms with Gasteiger partial charge in [-0.1, -0.05) is 26.7 Å². The lowest BCUT2D eigenvalue weighted by Gasteiger charge is -2.43. The molecule has 0 amide bonds. The van der Waals surface area contributed by atoms with Crippen LogP contribution in [0.2, 0.25) is 0 Å². The van der Waals surface area contributed by atoms with Crippen molar-refractivity contribution in [1.82, 2.24) is 10.2 Å². The molecule has 0 spiro atoms. The minimum absolute atomic E-state index is 0.327. The number of nitrogens with zero attached hydrogens (tertiary/aromatic N) is 1. The Bertz CT molecular complexity index is 276. The van der Waals surface area contributed by atoms with Gasteiger partial charge in [0, 0.05) is 38.3 Å². The Morgan fingerprint density at radius 1 is 1.25 bits per heavy atom. The Morgan fingerprint density at radius 2 is 2.00 bits per heavy atom. The average molecular weight is 282 g/mol. The molecule has 1 atom stereocenters. The van der Waals surface area contributed by atoms with Crippen LogP contribution in [0.15, 0.2) is 0 Å². The van der Waals surface area contributed by atoms with E-state index in [1.54, 1.807) is 0 Å². The molecule has 3 heteroatoms. The Balaban J connectivity index is 1.86. The van der Waals surface area contributed by atoms with Crippen LogP contribution in [-0.2, 0) is 0 Å². The first-order valence-electron chi connectivity index (χ1n) is 8.75. The van der Waals surface area contributed by atoms with Gasteiger partial charge in [-0.05, 0) is 43.9 Å². The van der Waals surface area contributed by atoms with Gasteiger partial charge in [0.2, 0.25) is 0 Å². The maximum absolute atomic E-state index is 9.13. The summed E-state index contributed by atoms with van der Waals surface area (Å²) in [4.78, 5) is 2.67. The van der Waals surface area contributed by atoms with E-state index in [-0.39, 0.29) is 0 Å². The van der Waals surface area contributed by atoms with Gasteiger partial charge >= 0.3 is 0 Å². The maximum atomic E-state index is 9.13. The lowest BCUT2D eigenvalue weighted by atomic mass is 9.82. The summed E-state index contributed by atoms with van der Waals surface area (Å²) >= 11 is 0. The fourth-order valence-corrected chi connectivity index (χ4v) is 3.41. The highest BCUT2D eigenvalue weighted by molar-refractivity contribution is 4.90. The summed E-state index contributed by atoms with van der Waals surface area (Å²) in [5.41, 5.74) is 0.391. The van der Waals surface area contributed by atoms with Crippen LogP contribution < -0.4 is 5.32 Å². The van der Waals surface area contributed by atoms with Crippen molar-refractivity contribution in [2.24, 2.45) is 5.41 Å². The van der Waals surface area contributed by atoms with Crippen molar-refractivity contribution in [3.63, 3.8) is 0 Å². The van der Waals surface area contributed by atoms with Crippen LogP contribution in [0.5, 0.6) is 0 Å². The molecule has 0 aromatic rings. The highest BCUT2D eigenvalue weighted by Crippen LogP contribution is 2.31. The molecule has 2 saturated carbocycles. The van der Waals surface area contributed by atoms with E-state index in [2.05, 4.69) is 24.1 Å². The fourth-order valence-electron chi connectivity index (χ4n) is 3.41. The van der Waals surface area contributed by atoms with Gasteiger partial charge in [0.05, 0.1) is 0 Å². The zero-order valence-electron chi connectivity index (χ0n) is 13.5. The monoisotopic (exact) mass is 282 g/mol. The quantitative estimate of drug-likeness (QED) is 0.612. The number of rotatable bonds is 11. The highest BCUT2D eigenvalue weighted by atomic mass is 16.3. The average Bonchev–Trinajstić information content (AvgIpc) is 3.16. The summed E-state index contributed by atoms with van der Waals surface area (Å²) in [7, 11) is 0. The van der Waals surface area contributed by atoms with Crippen LogP contribution >= 0.6 is 0 Å². The maximum Gasteiger partial charge on any atom is 0.0443 e. The molecule has 2 fully saturated rings. The SMILES string of the molecule is CCCC(C)(CNC1CC1)CN(CCCO)C1CCC1. The predicted octanol–water partition coefficient (Wildman–Crippen LogP) is 2.78. The number of nitrogens with one attached hydrogen (secondary N) is 1. The van der Waals surface area contributed by atoms with E-state index in [9.17, 15) is 0 Å². The third-order valence-electron chi connectivity index (χ3n) is 5.03. The first-order chi connectivity index (χ1) is 9.67. The van der Waals surface area contributed by atoms with Crippen LogP contribution in [0.3, 0.4) is 0 Å². The van der Waals surface area contributed by atoms with E-state index < -0.39 is 0 Å². The van der Waals surface area contributed by atoms with E-state index in [4.69, 9.17) is 5.11 Å². The second kappa shape index (κ2) is 7.77. The zero-order valence-corrected chi connectivity index (χ0v) is 13.5. The van der Waals surface area contributed by atoms with Crippen LogP contribution in [-0.4, -0.2) is 48.3 Å². The molecular formula is C17H34N2O. The van der Waals surface area contributed by atoms with Gasteiger partial charge < -0.3 is 10.4 Å². The minimum atomic E-state index is 0.327. The molecule has 2 N–H and O–H groups in total. The molecule has 0 saturated heterocycles. The van der Waals surface area contributed by atoms with Crippen molar-refractivity contribution in [3.05, 3.63) is 0 Å². The number of hydrogen-bond acceptors (Lipinski definition) is 3. The summed E-state index contributed by atoms with van der Waals surface area (Å²) in [6.45, 7) is 8.52. The Labute approximate surface area is 125 Å². The molecule has 0 radical (unpaired) electrons. The van der Waals surface area contributed by atoms with Gasteiger partial charge in [-0.25, -0.2) is 0 Å². The smallest absolute Gasteiger partial charge is 0.0443 e. The topological polar surface area (TPSA) is 35.5 Å². The lowest BCUT2D eigenvalue weighted by molar-refractivity contribution is 0.0640. The largest absolute Gasteiger partial charge is 0.396 e. The van der Waals surface area contributed by atoms with E-state index in [0.29, 0.717) is 12.0 Å². The molecule has 3 nitrogen and oxygen atoms in total. The van der Waals surface area contributed by atoms with Gasteiger partial charge in [-0.3, -0.25) is 4.90 Å². The Kier molecular flexibility index (Phi) is 6.31. The van der Waals surface area contributed by atoms with Crippen molar-refractivity contribution in [2.45, 2.75) is 77.3 Å². The van der Waals surface area contributed by atoms with Gasteiger partial charge in [0.25, 0.3) is 0 Å². The standard InChI is InChI=1S/C17H34N2O/c1-3-10-17(2,13-18-15-8-9-15)14-19(11-5-12-20)16-6-4-7-16/h15-16,18,20H,3-14H2,1-2H3. The van der Waals surface area contributed by atoms with Crippen LogP contribution in [0.1, 0.15) is 65.2 Å². The second-order valence-electron chi connectivity index (χ2n) is 7.35. The first-order valence-corrected chi connectivity index (χ1v) is 8.75. The molecule has 0 aromatic carbocycles. The first kappa shape index (κ1) is 16.3. The highest BCUT2D eigenvalue weighted by Gasteiger charge is 2.33. The molecule has 0 aliphatic heterocycles. The molecule has 2 aliphatic rings. The van der Waals surface area contributed by atoms with Crippen molar-refractivity contribution in [2.75, 3.05) is 26.2 Å². The molecule has 0 aromatic heterocycles. The fraction of sp³-hybridized carbons (Fsp3) is 1.00. The van der Waals surface area contributed by atoms with Crippen LogP contribution in [0.4, 0.5) is 0 Å². The second-order valence-corrected chi connectivity index (χ2v) is 7.35. The third-order valence-corrected chi connectivity index (χ3v) is 5.03. The van der Waals surface area contributed by atoms with Gasteiger partial charge in [0.15, 0.2) is 0 Å². The summed E-state index contributed by atoms with van der Waals surface area (Å²) in [5, 5.41) is 12.9. The normalized spacial score (nSPS) is 22.8. The molecule has 20 heavy (non-hydrogen) atoms. The summed E-state index contributed by atoms with van der Waals surface area (Å²) in [6, 6.07) is 1.60. The molecule has 118 valence electrons. The Morgan fingerprint density at radius 3 is 2.50 bits per heavy atom. The molecular weight excluding hydrogens is 248 g/mol. The van der Waals surface area contributed by atoms with E-state index in [1.165, 1.54) is 51.5 Å². The van der Waals surface area contributed by atoms with Gasteiger partial charge in [0.1, 0.15) is 0 Å². The van der Waals surface area contributed by atoms with Crippen LogP contribution in [0.25, 0.3) is 0 Å². The summed E-state index contributed by atoms with van der Waals surface area (Å²) in [6.07, 6.45) is 10.4. The van der Waals surface area contributed by atoms with E-state index in [0.717, 1.165) is 31.6 Å². The molecule has 1 unspecified atom stereocenters. The van der Waals surface area contributed by atoms with Crippen molar-refractivity contribution >= 4 is 0 Å². The predicted molar refractivity (Wildman–Crippen MR) is 85.0 cm³/mol. The number of aliphatic hydroxyl groups excluding tert-OH is 1. The molecule has 0 heterocycles. The number of hydrogen-bond donors (Lipinski definition) is 2. The van der Waals surface area contributed by atoms with Gasteiger partial charge in [-0.2, -0.15) is 0 Å². The summed E-state index contributed by atoms with van der Waals surface area (Å²) < 4.78 is 0. The molecule has 0 bridgehead atoms. The van der Waals surface area contributed by atoms with Crippen LogP contribution in [0, 0.1) is 5.41 Å². The van der Waals surface area contributed by atoms with E-state index >= 15 is 0 Å². The molecule has 2 aliphatic carbocycles. The van der Waals surface area contributed by atoms with Crippen molar-refractivity contribution in [3.8, 4) is 0 Å². The lowest BCUT2D eigenvalue weighted by Crippen LogP contribution is -2.49. The van der Waals surface area contributed by atoms with Crippen molar-refractivity contribution in [1.29, 1.82) is 0 Å². The number of aliphatic hydroxyl groups is 1. The van der Waals surface area contributed by atoms with Crippen molar-refractivity contribution < 1.29 is 5.11 Å². The minimum Gasteiger partial charge on any atom is -0.396 e. The van der Waals surface area contributed by atoms with E-state index in [1.807, 2.05) is 0 Å². The summed E-state index contributed by atoms with van der Waals surface area (Å²) in [5.74, 6) is 0.